The molecule has 0 bridgehead atoms. The lowest BCUT2D eigenvalue weighted by atomic mass is 10.1. The number of hydrogen-bond acceptors (Lipinski definition) is 2. The Labute approximate surface area is 96.6 Å². The van der Waals surface area contributed by atoms with E-state index in [0.717, 1.165) is 17.1 Å². The highest BCUT2D eigenvalue weighted by Crippen LogP contribution is 2.15. The molecule has 0 aliphatic carbocycles. The summed E-state index contributed by atoms with van der Waals surface area (Å²) in [7, 11) is 1.92. The first kappa shape index (κ1) is 12.5. The molecule has 0 aliphatic heterocycles. The Bertz CT molecular complexity index is 312. The molecule has 0 aliphatic rings. The highest BCUT2D eigenvalue weighted by molar-refractivity contribution is 6.30. The molecule has 84 valence electrons. The van der Waals surface area contributed by atoms with Gasteiger partial charge >= 0.3 is 0 Å². The Kier molecular flexibility index (Phi) is 4.58. The summed E-state index contributed by atoms with van der Waals surface area (Å²) >= 11 is 5.89. The molecule has 0 heterocycles. The van der Waals surface area contributed by atoms with Gasteiger partial charge in [-0.25, -0.2) is 0 Å². The Morgan fingerprint density at radius 1 is 1.40 bits per heavy atom. The average Bonchev–Trinajstić information content (AvgIpc) is 2.15. The maximum atomic E-state index is 5.89. The zero-order chi connectivity index (χ0) is 11.3. The van der Waals surface area contributed by atoms with Crippen LogP contribution < -0.4 is 5.32 Å². The molecular formula is C12H18ClNO. The van der Waals surface area contributed by atoms with E-state index in [1.54, 1.807) is 0 Å². The first-order valence-electron chi connectivity index (χ1n) is 5.06. The van der Waals surface area contributed by atoms with Crippen molar-refractivity contribution in [3.05, 3.63) is 34.9 Å². The van der Waals surface area contributed by atoms with Gasteiger partial charge in [0.05, 0.1) is 12.2 Å². The van der Waals surface area contributed by atoms with E-state index in [0.29, 0.717) is 6.61 Å². The lowest BCUT2D eigenvalue weighted by molar-refractivity contribution is -0.0267. The van der Waals surface area contributed by atoms with Crippen LogP contribution in [-0.4, -0.2) is 19.2 Å². The summed E-state index contributed by atoms with van der Waals surface area (Å²) in [6, 6.07) is 7.74. The van der Waals surface area contributed by atoms with Crippen LogP contribution in [0.3, 0.4) is 0 Å². The standard InChI is InChI=1S/C12H18ClNO/c1-12(2,9-14-3)15-8-10-5-4-6-11(13)7-10/h4-7,14H,8-9H2,1-3H3. The van der Waals surface area contributed by atoms with Crippen LogP contribution in [0.15, 0.2) is 24.3 Å². The molecule has 0 saturated carbocycles. The Hall–Kier alpha value is -0.570. The first-order chi connectivity index (χ1) is 7.03. The maximum absolute atomic E-state index is 5.89. The van der Waals surface area contributed by atoms with Gasteiger partial charge in [0.2, 0.25) is 0 Å². The fourth-order valence-corrected chi connectivity index (χ4v) is 1.60. The second-order valence-electron chi connectivity index (χ2n) is 4.21. The van der Waals surface area contributed by atoms with E-state index in [9.17, 15) is 0 Å². The third kappa shape index (κ3) is 4.65. The fraction of sp³-hybridized carbons (Fsp3) is 0.500. The van der Waals surface area contributed by atoms with E-state index >= 15 is 0 Å². The van der Waals surface area contributed by atoms with Crippen LogP contribution in [0.4, 0.5) is 0 Å². The van der Waals surface area contributed by atoms with Crippen LogP contribution in [0.25, 0.3) is 0 Å². The molecule has 0 saturated heterocycles. The lowest BCUT2D eigenvalue weighted by Crippen LogP contribution is -2.35. The van der Waals surface area contributed by atoms with Gasteiger partial charge in [0.15, 0.2) is 0 Å². The molecule has 1 aromatic rings. The van der Waals surface area contributed by atoms with E-state index in [-0.39, 0.29) is 5.60 Å². The summed E-state index contributed by atoms with van der Waals surface area (Å²) in [5.41, 5.74) is 0.948. The normalized spacial score (nSPS) is 11.7. The molecule has 0 unspecified atom stereocenters. The molecule has 1 N–H and O–H groups in total. The number of likely N-dealkylation sites (N-methyl/N-ethyl adjacent to an activating group) is 1. The summed E-state index contributed by atoms with van der Waals surface area (Å²) < 4.78 is 5.79. The molecule has 0 atom stereocenters. The summed E-state index contributed by atoms with van der Waals surface area (Å²) in [5, 5.41) is 3.86. The fourth-order valence-electron chi connectivity index (χ4n) is 1.38. The van der Waals surface area contributed by atoms with Gasteiger partial charge in [-0.15, -0.1) is 0 Å². The molecule has 1 aromatic carbocycles. The number of nitrogens with one attached hydrogen (secondary N) is 1. The minimum absolute atomic E-state index is 0.156. The van der Waals surface area contributed by atoms with E-state index < -0.39 is 0 Å². The van der Waals surface area contributed by atoms with Crippen molar-refractivity contribution in [2.45, 2.75) is 26.1 Å². The minimum Gasteiger partial charge on any atom is -0.370 e. The summed E-state index contributed by atoms with van der Waals surface area (Å²) in [4.78, 5) is 0. The number of benzene rings is 1. The van der Waals surface area contributed by atoms with Crippen molar-refractivity contribution in [1.82, 2.24) is 5.32 Å². The second-order valence-corrected chi connectivity index (χ2v) is 4.65. The zero-order valence-electron chi connectivity index (χ0n) is 9.51. The lowest BCUT2D eigenvalue weighted by Gasteiger charge is -2.25. The number of ether oxygens (including phenoxy) is 1. The summed E-state index contributed by atoms with van der Waals surface area (Å²) in [6.07, 6.45) is 0. The van der Waals surface area contributed by atoms with Crippen LogP contribution in [0.5, 0.6) is 0 Å². The molecule has 0 fully saturated rings. The molecule has 0 amide bonds. The molecule has 1 rings (SSSR count). The van der Waals surface area contributed by atoms with Crippen molar-refractivity contribution in [2.24, 2.45) is 0 Å². The molecule has 0 aromatic heterocycles. The van der Waals surface area contributed by atoms with Gasteiger partial charge in [0.1, 0.15) is 0 Å². The van der Waals surface area contributed by atoms with Gasteiger partial charge in [-0.3, -0.25) is 0 Å². The van der Waals surface area contributed by atoms with E-state index in [1.807, 2.05) is 31.3 Å². The van der Waals surface area contributed by atoms with Crippen LogP contribution in [0, 0.1) is 0 Å². The van der Waals surface area contributed by atoms with Crippen molar-refractivity contribution in [3.8, 4) is 0 Å². The van der Waals surface area contributed by atoms with Gasteiger partial charge in [-0.2, -0.15) is 0 Å². The smallest absolute Gasteiger partial charge is 0.0754 e. The highest BCUT2D eigenvalue weighted by Gasteiger charge is 2.16. The summed E-state index contributed by atoms with van der Waals surface area (Å²) in [5.74, 6) is 0. The third-order valence-electron chi connectivity index (χ3n) is 2.12. The quantitative estimate of drug-likeness (QED) is 0.835. The molecular weight excluding hydrogens is 210 g/mol. The van der Waals surface area contributed by atoms with Crippen LogP contribution in [0.2, 0.25) is 5.02 Å². The Balaban J connectivity index is 2.49. The van der Waals surface area contributed by atoms with Crippen molar-refractivity contribution in [2.75, 3.05) is 13.6 Å². The van der Waals surface area contributed by atoms with Gasteiger partial charge in [0, 0.05) is 11.6 Å². The van der Waals surface area contributed by atoms with Crippen molar-refractivity contribution < 1.29 is 4.74 Å². The molecule has 0 spiro atoms. The van der Waals surface area contributed by atoms with Crippen molar-refractivity contribution in [3.63, 3.8) is 0 Å². The highest BCUT2D eigenvalue weighted by atomic mass is 35.5. The SMILES string of the molecule is CNCC(C)(C)OCc1cccc(Cl)c1. The Morgan fingerprint density at radius 2 is 2.13 bits per heavy atom. The second kappa shape index (κ2) is 5.50. The van der Waals surface area contributed by atoms with Gasteiger partial charge in [-0.05, 0) is 38.6 Å². The van der Waals surface area contributed by atoms with Gasteiger partial charge in [0.25, 0.3) is 0 Å². The van der Waals surface area contributed by atoms with Crippen molar-refractivity contribution >= 4 is 11.6 Å². The number of rotatable bonds is 5. The molecule has 0 radical (unpaired) electrons. The van der Waals surface area contributed by atoms with E-state index in [2.05, 4.69) is 19.2 Å². The summed E-state index contributed by atoms with van der Waals surface area (Å²) in [6.45, 7) is 5.55. The Morgan fingerprint density at radius 3 is 2.73 bits per heavy atom. The predicted molar refractivity (Wildman–Crippen MR) is 64.2 cm³/mol. The maximum Gasteiger partial charge on any atom is 0.0754 e. The zero-order valence-corrected chi connectivity index (χ0v) is 10.3. The molecule has 3 heteroatoms. The average molecular weight is 228 g/mol. The minimum atomic E-state index is -0.156. The number of halogens is 1. The largest absolute Gasteiger partial charge is 0.370 e. The topological polar surface area (TPSA) is 21.3 Å². The van der Waals surface area contributed by atoms with Crippen LogP contribution in [-0.2, 0) is 11.3 Å². The van der Waals surface area contributed by atoms with Gasteiger partial charge in [-0.1, -0.05) is 23.7 Å². The molecule has 15 heavy (non-hydrogen) atoms. The van der Waals surface area contributed by atoms with Gasteiger partial charge < -0.3 is 10.1 Å². The first-order valence-corrected chi connectivity index (χ1v) is 5.44. The predicted octanol–water partition coefficient (Wildman–Crippen LogP) is 2.85. The van der Waals surface area contributed by atoms with Crippen LogP contribution in [0.1, 0.15) is 19.4 Å². The van der Waals surface area contributed by atoms with Crippen LogP contribution >= 0.6 is 11.6 Å². The number of hydrogen-bond donors (Lipinski definition) is 1. The van der Waals surface area contributed by atoms with Crippen molar-refractivity contribution in [1.29, 1.82) is 0 Å². The van der Waals surface area contributed by atoms with E-state index in [1.165, 1.54) is 0 Å². The molecule has 2 nitrogen and oxygen atoms in total. The monoisotopic (exact) mass is 227 g/mol. The van der Waals surface area contributed by atoms with E-state index in [4.69, 9.17) is 16.3 Å². The third-order valence-corrected chi connectivity index (χ3v) is 2.36.